The van der Waals surface area contributed by atoms with Crippen molar-refractivity contribution in [3.05, 3.63) is 87.1 Å². The molecule has 0 saturated carbocycles. The van der Waals surface area contributed by atoms with Crippen molar-refractivity contribution in [2.45, 2.75) is 66.8 Å². The molecule has 5 rings (SSSR count). The molecular weight excluding hydrogens is 504 g/mol. The predicted octanol–water partition coefficient (Wildman–Crippen LogP) is 4.25. The molecule has 0 aliphatic carbocycles. The van der Waals surface area contributed by atoms with Gasteiger partial charge in [-0.1, -0.05) is 76.6 Å². The first-order valence-corrected chi connectivity index (χ1v) is 13.6. The number of nitrogens with one attached hydrogen (secondary N) is 1. The van der Waals surface area contributed by atoms with Gasteiger partial charge in [0.2, 0.25) is 11.7 Å². The summed E-state index contributed by atoms with van der Waals surface area (Å²) in [7, 11) is 0. The number of hydrogen-bond donors (Lipinski definition) is 1. The van der Waals surface area contributed by atoms with E-state index in [9.17, 15) is 14.4 Å². The van der Waals surface area contributed by atoms with Crippen LogP contribution in [0.25, 0.3) is 16.9 Å². The van der Waals surface area contributed by atoms with Gasteiger partial charge in [0, 0.05) is 23.0 Å². The minimum atomic E-state index is -0.608. The van der Waals surface area contributed by atoms with Gasteiger partial charge in [0.05, 0.1) is 24.4 Å². The number of carbonyl (C=O) groups excluding carboxylic acids is 2. The van der Waals surface area contributed by atoms with Crippen LogP contribution in [0, 0.1) is 12.3 Å². The summed E-state index contributed by atoms with van der Waals surface area (Å²) < 4.78 is 3.19. The van der Waals surface area contributed by atoms with Crippen LogP contribution in [0.1, 0.15) is 68.7 Å². The van der Waals surface area contributed by atoms with E-state index in [1.807, 2.05) is 69.3 Å². The highest BCUT2D eigenvalue weighted by Gasteiger charge is 2.26. The average Bonchev–Trinajstić information content (AvgIpc) is 3.53. The van der Waals surface area contributed by atoms with Crippen LogP contribution in [-0.2, 0) is 29.0 Å². The largest absolute Gasteiger partial charge is 0.297 e. The Morgan fingerprint density at radius 3 is 2.45 bits per heavy atom. The topological polar surface area (TPSA) is 111 Å². The maximum Gasteiger partial charge on any atom is 0.259 e. The van der Waals surface area contributed by atoms with E-state index < -0.39 is 5.41 Å². The zero-order valence-corrected chi connectivity index (χ0v) is 23.6. The van der Waals surface area contributed by atoms with Crippen molar-refractivity contribution in [2.75, 3.05) is 0 Å². The molecule has 0 bridgehead atoms. The zero-order valence-electron chi connectivity index (χ0n) is 23.6. The summed E-state index contributed by atoms with van der Waals surface area (Å²) in [4.78, 5) is 43.7. The van der Waals surface area contributed by atoms with Crippen LogP contribution in [0.4, 0.5) is 0 Å². The van der Waals surface area contributed by atoms with Crippen LogP contribution in [0.15, 0.2) is 58.4 Å². The molecule has 4 aromatic rings. The first kappa shape index (κ1) is 27.2. The highest BCUT2D eigenvalue weighted by atomic mass is 16.2. The molecule has 0 saturated heterocycles. The predicted molar refractivity (Wildman–Crippen MR) is 154 cm³/mol. The van der Waals surface area contributed by atoms with Crippen molar-refractivity contribution < 1.29 is 9.59 Å². The Morgan fingerprint density at radius 2 is 1.80 bits per heavy atom. The standard InChI is InChI=1S/C31H34N6O3/c1-6-10-26-24(29(40)36(18-27(38)31(3,4)5)30-32-19(2)35-37(26)30)16-20-13-14-22(21-11-8-7-9-12-21)23(15-20)25-17-28(39)34-33-25/h7-9,11-15H,6,10,16-18H2,1-5H3,(H,34,39). The second-order valence-electron chi connectivity index (χ2n) is 11.3. The van der Waals surface area contributed by atoms with Gasteiger partial charge in [0.15, 0.2) is 5.78 Å². The van der Waals surface area contributed by atoms with E-state index >= 15 is 0 Å². The van der Waals surface area contributed by atoms with E-state index in [1.54, 1.807) is 11.4 Å². The van der Waals surface area contributed by atoms with Crippen LogP contribution >= 0.6 is 0 Å². The SMILES string of the molecule is CCCc1c(Cc2ccc(-c3ccccc3)c(C3=NNC(=O)C3)c2)c(=O)n(CC(=O)C(C)(C)C)c2nc(C)nn12. The van der Waals surface area contributed by atoms with Crippen molar-refractivity contribution in [3.63, 3.8) is 0 Å². The fraction of sp³-hybridized carbons (Fsp3) is 0.355. The maximum absolute atomic E-state index is 14.1. The molecule has 1 amide bonds. The Hall–Kier alpha value is -4.40. The number of fused-ring (bicyclic) bond motifs is 1. The van der Waals surface area contributed by atoms with Crippen molar-refractivity contribution in [1.29, 1.82) is 0 Å². The summed E-state index contributed by atoms with van der Waals surface area (Å²) in [5.41, 5.74) is 7.48. The number of aryl methyl sites for hydroxylation is 2. The van der Waals surface area contributed by atoms with E-state index in [4.69, 9.17) is 0 Å². The van der Waals surface area contributed by atoms with E-state index in [0.717, 1.165) is 34.4 Å². The van der Waals surface area contributed by atoms with Gasteiger partial charge < -0.3 is 0 Å². The summed E-state index contributed by atoms with van der Waals surface area (Å²) in [6, 6.07) is 16.0. The van der Waals surface area contributed by atoms with Gasteiger partial charge in [-0.15, -0.1) is 0 Å². The number of rotatable bonds is 8. The molecular formula is C31H34N6O3. The highest BCUT2D eigenvalue weighted by molar-refractivity contribution is 6.16. The highest BCUT2D eigenvalue weighted by Crippen LogP contribution is 2.28. The lowest BCUT2D eigenvalue weighted by molar-refractivity contribution is -0.126. The van der Waals surface area contributed by atoms with Gasteiger partial charge in [-0.3, -0.25) is 19.0 Å². The first-order valence-electron chi connectivity index (χ1n) is 13.6. The summed E-state index contributed by atoms with van der Waals surface area (Å²) in [5, 5.41) is 8.91. The Kier molecular flexibility index (Phi) is 7.23. The number of aromatic nitrogens is 4. The van der Waals surface area contributed by atoms with Gasteiger partial charge in [0.25, 0.3) is 5.56 Å². The van der Waals surface area contributed by atoms with Crippen molar-refractivity contribution in [2.24, 2.45) is 10.5 Å². The number of nitrogens with zero attached hydrogens (tertiary/aromatic N) is 5. The van der Waals surface area contributed by atoms with Gasteiger partial charge >= 0.3 is 0 Å². The Balaban J connectivity index is 1.67. The smallest absolute Gasteiger partial charge is 0.259 e. The van der Waals surface area contributed by atoms with Crippen molar-refractivity contribution in [3.8, 4) is 11.1 Å². The molecule has 3 heterocycles. The molecule has 0 radical (unpaired) electrons. The second kappa shape index (κ2) is 10.6. The molecule has 206 valence electrons. The second-order valence-corrected chi connectivity index (χ2v) is 11.3. The van der Waals surface area contributed by atoms with Gasteiger partial charge in [-0.05, 0) is 36.1 Å². The number of ketones is 1. The van der Waals surface area contributed by atoms with Gasteiger partial charge in [0.1, 0.15) is 5.82 Å². The molecule has 9 heteroatoms. The minimum Gasteiger partial charge on any atom is -0.297 e. The average molecular weight is 539 g/mol. The molecule has 2 aromatic carbocycles. The van der Waals surface area contributed by atoms with E-state index in [0.29, 0.717) is 35.7 Å². The van der Waals surface area contributed by atoms with E-state index in [2.05, 4.69) is 27.5 Å². The summed E-state index contributed by atoms with van der Waals surface area (Å²) in [6.07, 6.45) is 1.98. The third-order valence-electron chi connectivity index (χ3n) is 7.17. The van der Waals surface area contributed by atoms with Crippen LogP contribution in [0.2, 0.25) is 0 Å². The molecule has 0 fully saturated rings. The normalized spacial score (nSPS) is 13.5. The number of Topliss-reactive ketones (excluding diaryl/α,β-unsaturated/α-hetero) is 1. The number of hydrogen-bond acceptors (Lipinski definition) is 6. The van der Waals surface area contributed by atoms with Crippen LogP contribution in [0.3, 0.4) is 0 Å². The van der Waals surface area contributed by atoms with Gasteiger partial charge in [-0.2, -0.15) is 15.2 Å². The number of carbonyl (C=O) groups is 2. The van der Waals surface area contributed by atoms with Crippen LogP contribution in [-0.4, -0.2) is 36.6 Å². The zero-order chi connectivity index (χ0) is 28.6. The quantitative estimate of drug-likeness (QED) is 0.361. The Morgan fingerprint density at radius 1 is 1.05 bits per heavy atom. The molecule has 9 nitrogen and oxygen atoms in total. The molecule has 2 aromatic heterocycles. The molecule has 1 aliphatic heterocycles. The molecule has 0 unspecified atom stereocenters. The number of amides is 1. The van der Waals surface area contributed by atoms with Crippen molar-refractivity contribution >= 4 is 23.2 Å². The molecule has 0 atom stereocenters. The fourth-order valence-electron chi connectivity index (χ4n) is 4.99. The van der Waals surface area contributed by atoms with Crippen LogP contribution in [0.5, 0.6) is 0 Å². The fourth-order valence-corrected chi connectivity index (χ4v) is 4.99. The lowest BCUT2D eigenvalue weighted by Crippen LogP contribution is -2.35. The molecule has 1 N–H and O–H groups in total. The monoisotopic (exact) mass is 538 g/mol. The third kappa shape index (κ3) is 5.23. The lowest BCUT2D eigenvalue weighted by Gasteiger charge is -2.20. The minimum absolute atomic E-state index is 0.0581. The number of benzene rings is 2. The summed E-state index contributed by atoms with van der Waals surface area (Å²) >= 11 is 0. The summed E-state index contributed by atoms with van der Waals surface area (Å²) in [5.74, 6) is 0.717. The van der Waals surface area contributed by atoms with Crippen LogP contribution < -0.4 is 11.0 Å². The van der Waals surface area contributed by atoms with E-state index in [-0.39, 0.29) is 30.2 Å². The van der Waals surface area contributed by atoms with E-state index in [1.165, 1.54) is 4.57 Å². The first-order chi connectivity index (χ1) is 19.1. The lowest BCUT2D eigenvalue weighted by atomic mass is 9.90. The Labute approximate surface area is 233 Å². The Bertz CT molecular complexity index is 1710. The molecule has 0 spiro atoms. The molecule has 40 heavy (non-hydrogen) atoms. The van der Waals surface area contributed by atoms with Crippen molar-refractivity contribution in [1.82, 2.24) is 24.6 Å². The molecule has 1 aliphatic rings. The third-order valence-corrected chi connectivity index (χ3v) is 7.17. The maximum atomic E-state index is 14.1. The van der Waals surface area contributed by atoms with Gasteiger partial charge in [-0.25, -0.2) is 9.94 Å². The number of hydrazone groups is 1. The summed E-state index contributed by atoms with van der Waals surface area (Å²) in [6.45, 7) is 9.31.